The minimum Gasteiger partial charge on any atom is -0.468 e. The van der Waals surface area contributed by atoms with Crippen LogP contribution < -0.4 is 0 Å². The quantitative estimate of drug-likeness (QED) is 0.122. The summed E-state index contributed by atoms with van der Waals surface area (Å²) in [5.74, 6) is 1.92. The Bertz CT molecular complexity index is 1180. The van der Waals surface area contributed by atoms with Crippen molar-refractivity contribution in [2.75, 3.05) is 13.2 Å². The zero-order valence-corrected chi connectivity index (χ0v) is 25.7. The van der Waals surface area contributed by atoms with Crippen molar-refractivity contribution in [3.63, 3.8) is 0 Å². The fourth-order valence-corrected chi connectivity index (χ4v) is 6.13. The van der Waals surface area contributed by atoms with Crippen molar-refractivity contribution in [2.45, 2.75) is 91.4 Å². The lowest BCUT2D eigenvalue weighted by atomic mass is 9.78. The second kappa shape index (κ2) is 17.8. The Morgan fingerprint density at radius 2 is 1.46 bits per heavy atom. The summed E-state index contributed by atoms with van der Waals surface area (Å²) in [5.41, 5.74) is 6.15. The van der Waals surface area contributed by atoms with Crippen LogP contribution >= 0.6 is 0 Å². The Hall–Kier alpha value is -2.91. The van der Waals surface area contributed by atoms with Gasteiger partial charge in [-0.2, -0.15) is 0 Å². The molecule has 1 unspecified atom stereocenters. The highest BCUT2D eigenvalue weighted by molar-refractivity contribution is 5.87. The molecule has 0 amide bonds. The summed E-state index contributed by atoms with van der Waals surface area (Å²) in [4.78, 5) is 10.4. The molecular weight excluding hydrogens is 504 g/mol. The van der Waals surface area contributed by atoms with Gasteiger partial charge >= 0.3 is 0 Å². The molecule has 3 aromatic carbocycles. The second-order valence-corrected chi connectivity index (χ2v) is 12.4. The highest BCUT2D eigenvalue weighted by Gasteiger charge is 2.20. The summed E-state index contributed by atoms with van der Waals surface area (Å²) in [6.45, 7) is 10.5. The second-order valence-electron chi connectivity index (χ2n) is 12.4. The van der Waals surface area contributed by atoms with Crippen molar-refractivity contribution >= 4 is 17.2 Å². The van der Waals surface area contributed by atoms with Crippen LogP contribution in [0.5, 0.6) is 0 Å². The highest BCUT2D eigenvalue weighted by Crippen LogP contribution is 2.34. The van der Waals surface area contributed by atoms with Crippen LogP contribution in [0.2, 0.25) is 0 Å². The number of carbonyl (C=O) groups excluding carboxylic acids is 1. The molecule has 222 valence electrons. The smallest absolute Gasteiger partial charge is 0.293 e. The van der Waals surface area contributed by atoms with Gasteiger partial charge in [-0.15, -0.1) is 6.58 Å². The summed E-state index contributed by atoms with van der Waals surface area (Å²) >= 11 is 0. The van der Waals surface area contributed by atoms with Gasteiger partial charge in [-0.1, -0.05) is 118 Å². The Morgan fingerprint density at radius 1 is 0.878 bits per heavy atom. The molecule has 1 fully saturated rings. The average molecular weight is 557 g/mol. The number of aryl methyl sites for hydroxylation is 1. The largest absolute Gasteiger partial charge is 0.468 e. The van der Waals surface area contributed by atoms with E-state index in [0.29, 0.717) is 12.9 Å². The molecule has 0 aromatic heterocycles. The van der Waals surface area contributed by atoms with Crippen LogP contribution in [0.4, 0.5) is 0 Å². The van der Waals surface area contributed by atoms with Crippen LogP contribution in [0.1, 0.15) is 89.7 Å². The number of unbranched alkanes of at least 4 members (excludes halogenated alkanes) is 1. The third-order valence-electron chi connectivity index (χ3n) is 8.37. The summed E-state index contributed by atoms with van der Waals surface area (Å²) in [5, 5.41) is 12.1. The first-order valence-electron chi connectivity index (χ1n) is 15.8. The van der Waals surface area contributed by atoms with Gasteiger partial charge in [0.2, 0.25) is 0 Å². The average Bonchev–Trinajstić information content (AvgIpc) is 2.98. The van der Waals surface area contributed by atoms with Gasteiger partial charge < -0.3 is 9.84 Å². The summed E-state index contributed by atoms with van der Waals surface area (Å²) in [6, 6.07) is 22.2. The molecule has 1 aliphatic carbocycles. The van der Waals surface area contributed by atoms with Gasteiger partial charge in [-0.25, -0.2) is 0 Å². The molecule has 3 heteroatoms. The summed E-state index contributed by atoms with van der Waals surface area (Å²) in [6.07, 6.45) is 14.6. The zero-order valence-electron chi connectivity index (χ0n) is 25.7. The predicted octanol–water partition coefficient (Wildman–Crippen LogP) is 9.73. The molecule has 3 nitrogen and oxygen atoms in total. The number of fused-ring (bicyclic) bond motifs is 1. The highest BCUT2D eigenvalue weighted by atomic mass is 16.5. The first kappa shape index (κ1) is 32.6. The number of aliphatic hydroxyl groups excluding tert-OH is 1. The maximum Gasteiger partial charge on any atom is 0.293 e. The lowest BCUT2D eigenvalue weighted by molar-refractivity contribution is -0.130. The number of allylic oxidation sites excluding steroid dienone is 1. The van der Waals surface area contributed by atoms with Crippen LogP contribution in [-0.2, 0) is 22.4 Å². The molecular formula is C38H52O3. The molecule has 1 atom stereocenters. The fourth-order valence-electron chi connectivity index (χ4n) is 6.13. The lowest BCUT2D eigenvalue weighted by Crippen LogP contribution is -2.16. The molecule has 1 N–H and O–H groups in total. The molecule has 1 saturated carbocycles. The number of carbonyl (C=O) groups is 1. The Balaban J connectivity index is 0.00000108. The van der Waals surface area contributed by atoms with E-state index in [1.165, 1.54) is 97.2 Å². The van der Waals surface area contributed by atoms with Crippen molar-refractivity contribution < 1.29 is 14.6 Å². The van der Waals surface area contributed by atoms with E-state index < -0.39 is 0 Å². The van der Waals surface area contributed by atoms with Gasteiger partial charge in [0, 0.05) is 12.5 Å². The number of benzene rings is 3. The molecule has 41 heavy (non-hydrogen) atoms. The Morgan fingerprint density at radius 3 is 2.10 bits per heavy atom. The van der Waals surface area contributed by atoms with E-state index in [2.05, 4.69) is 74.2 Å². The molecule has 4 rings (SSSR count). The van der Waals surface area contributed by atoms with Crippen LogP contribution in [0, 0.1) is 17.8 Å². The predicted molar refractivity (Wildman–Crippen MR) is 174 cm³/mol. The Labute approximate surface area is 249 Å². The molecule has 0 saturated heterocycles. The van der Waals surface area contributed by atoms with Gasteiger partial charge in [0.1, 0.15) is 0 Å². The number of rotatable bonds is 14. The van der Waals surface area contributed by atoms with Crippen LogP contribution in [0.3, 0.4) is 0 Å². The van der Waals surface area contributed by atoms with Gasteiger partial charge in [0.15, 0.2) is 0 Å². The van der Waals surface area contributed by atoms with Crippen molar-refractivity contribution in [1.82, 2.24) is 0 Å². The Kier molecular flexibility index (Phi) is 14.2. The molecule has 3 aromatic rings. The first-order valence-corrected chi connectivity index (χ1v) is 15.8. The molecule has 0 heterocycles. The van der Waals surface area contributed by atoms with E-state index in [4.69, 9.17) is 4.74 Å². The van der Waals surface area contributed by atoms with Crippen molar-refractivity contribution in [3.8, 4) is 11.1 Å². The number of ether oxygens (including phenoxy) is 1. The molecule has 1 aliphatic rings. The van der Waals surface area contributed by atoms with Crippen LogP contribution in [0.25, 0.3) is 21.9 Å². The summed E-state index contributed by atoms with van der Waals surface area (Å²) < 4.78 is 4.82. The SMILES string of the molecule is C=C(C)C.CCCC1CCC(CCCCc2ccc3cc(-c4ccc(CC(CO)COC=O)cc4)ccc3c2)CC1. The van der Waals surface area contributed by atoms with Crippen molar-refractivity contribution in [3.05, 3.63) is 83.9 Å². The maximum atomic E-state index is 10.4. The minimum atomic E-state index is -0.0727. The van der Waals surface area contributed by atoms with Crippen LogP contribution in [-0.4, -0.2) is 24.8 Å². The van der Waals surface area contributed by atoms with E-state index in [1.54, 1.807) is 0 Å². The fraction of sp³-hybridized carbons (Fsp3) is 0.500. The monoisotopic (exact) mass is 556 g/mol. The number of hydrogen-bond donors (Lipinski definition) is 1. The number of hydrogen-bond acceptors (Lipinski definition) is 3. The third-order valence-corrected chi connectivity index (χ3v) is 8.37. The normalized spacial score (nSPS) is 17.4. The minimum absolute atomic E-state index is 0.00226. The van der Waals surface area contributed by atoms with E-state index in [1.807, 2.05) is 13.8 Å². The molecule has 0 radical (unpaired) electrons. The van der Waals surface area contributed by atoms with Gasteiger partial charge in [-0.05, 0) is 84.0 Å². The lowest BCUT2D eigenvalue weighted by Gasteiger charge is -2.28. The van der Waals surface area contributed by atoms with Gasteiger partial charge in [0.25, 0.3) is 6.47 Å². The molecule has 0 spiro atoms. The molecule has 0 bridgehead atoms. The van der Waals surface area contributed by atoms with E-state index in [-0.39, 0.29) is 19.1 Å². The van der Waals surface area contributed by atoms with Gasteiger partial charge in [0.05, 0.1) is 6.61 Å². The van der Waals surface area contributed by atoms with Crippen molar-refractivity contribution in [2.24, 2.45) is 17.8 Å². The summed E-state index contributed by atoms with van der Waals surface area (Å²) in [7, 11) is 0. The van der Waals surface area contributed by atoms with E-state index in [0.717, 1.165) is 17.4 Å². The molecule has 0 aliphatic heterocycles. The maximum absolute atomic E-state index is 10.4. The topological polar surface area (TPSA) is 46.5 Å². The van der Waals surface area contributed by atoms with Crippen LogP contribution in [0.15, 0.2) is 72.8 Å². The van der Waals surface area contributed by atoms with Gasteiger partial charge in [-0.3, -0.25) is 4.79 Å². The number of aliphatic hydroxyl groups is 1. The zero-order chi connectivity index (χ0) is 29.5. The van der Waals surface area contributed by atoms with E-state index in [9.17, 15) is 9.90 Å². The van der Waals surface area contributed by atoms with Crippen molar-refractivity contribution in [1.29, 1.82) is 0 Å². The van der Waals surface area contributed by atoms with E-state index >= 15 is 0 Å². The standard InChI is InChI=1S/C34H44O3.C4H8/c1-2-5-26-8-10-27(11-9-26)6-3-4-7-28-14-17-34-22-33(19-18-32(34)21-28)31-15-12-29(13-16-31)20-30(23-35)24-37-25-36;1-4(2)3/h12-19,21-22,25-27,30,35H,2-11,20,23-24H2,1H3;1H2,2-3H3. The third kappa shape index (κ3) is 11.5. The first-order chi connectivity index (χ1) is 19.9.